The maximum Gasteiger partial charge on any atom is 0.260 e. The van der Waals surface area contributed by atoms with E-state index in [1.807, 2.05) is 0 Å². The lowest BCUT2D eigenvalue weighted by Gasteiger charge is -2.45. The van der Waals surface area contributed by atoms with Gasteiger partial charge in [0.15, 0.2) is 6.61 Å². The van der Waals surface area contributed by atoms with Gasteiger partial charge in [-0.05, 0) is 55.3 Å². The summed E-state index contributed by atoms with van der Waals surface area (Å²) in [5.74, 6) is 0.229. The van der Waals surface area contributed by atoms with Crippen LogP contribution in [0.25, 0.3) is 0 Å². The molecular formula is C22H26ClFN2O3. The quantitative estimate of drug-likeness (QED) is 0.746. The molecule has 0 aromatic heterocycles. The Hall–Kier alpha value is -2.15. The Morgan fingerprint density at radius 3 is 2.52 bits per heavy atom. The SMILES string of the molecule is CC1CN(C(=O)COc2ccc(Cl)cc2)C(CCO)CN1Cc1ccc(F)cc1. The normalized spacial score (nSPS) is 19.9. The number of piperazine rings is 1. The molecule has 29 heavy (non-hydrogen) atoms. The summed E-state index contributed by atoms with van der Waals surface area (Å²) in [7, 11) is 0. The van der Waals surface area contributed by atoms with Crippen molar-refractivity contribution in [2.24, 2.45) is 0 Å². The third kappa shape index (κ3) is 5.92. The Kier molecular flexibility index (Phi) is 7.47. The zero-order valence-electron chi connectivity index (χ0n) is 16.4. The third-order valence-corrected chi connectivity index (χ3v) is 5.48. The van der Waals surface area contributed by atoms with Gasteiger partial charge in [-0.3, -0.25) is 9.69 Å². The van der Waals surface area contributed by atoms with E-state index >= 15 is 0 Å². The number of carbonyl (C=O) groups excluding carboxylic acids is 1. The van der Waals surface area contributed by atoms with Crippen LogP contribution in [0, 0.1) is 5.82 Å². The van der Waals surface area contributed by atoms with E-state index < -0.39 is 0 Å². The molecule has 1 amide bonds. The van der Waals surface area contributed by atoms with Crippen molar-refractivity contribution in [3.05, 3.63) is 64.9 Å². The van der Waals surface area contributed by atoms with Gasteiger partial charge in [-0.2, -0.15) is 0 Å². The molecule has 1 fully saturated rings. The van der Waals surface area contributed by atoms with Gasteiger partial charge in [-0.15, -0.1) is 0 Å². The van der Waals surface area contributed by atoms with Gasteiger partial charge in [0.2, 0.25) is 0 Å². The van der Waals surface area contributed by atoms with Gasteiger partial charge in [-0.25, -0.2) is 4.39 Å². The summed E-state index contributed by atoms with van der Waals surface area (Å²) in [4.78, 5) is 16.9. The molecule has 1 N–H and O–H groups in total. The molecular weight excluding hydrogens is 395 g/mol. The topological polar surface area (TPSA) is 53.0 Å². The molecule has 0 saturated carbocycles. The Morgan fingerprint density at radius 1 is 1.17 bits per heavy atom. The predicted octanol–water partition coefficient (Wildman–Crippen LogP) is 3.34. The molecule has 2 aromatic carbocycles. The summed E-state index contributed by atoms with van der Waals surface area (Å²) in [5, 5.41) is 10.1. The fourth-order valence-corrected chi connectivity index (χ4v) is 3.73. The van der Waals surface area contributed by atoms with Gasteiger partial charge >= 0.3 is 0 Å². The van der Waals surface area contributed by atoms with Gasteiger partial charge in [0.1, 0.15) is 11.6 Å². The largest absolute Gasteiger partial charge is 0.484 e. The highest BCUT2D eigenvalue weighted by Crippen LogP contribution is 2.21. The number of nitrogens with zero attached hydrogens (tertiary/aromatic N) is 2. The standard InChI is InChI=1S/C22H26ClFN2O3/c1-16-12-26(22(28)15-29-21-8-4-18(23)5-9-21)20(10-11-27)14-25(16)13-17-2-6-19(24)7-3-17/h2-9,16,20,27H,10-15H2,1H3. The maximum atomic E-state index is 13.2. The summed E-state index contributed by atoms with van der Waals surface area (Å²) in [6.07, 6.45) is 0.499. The zero-order valence-corrected chi connectivity index (χ0v) is 17.2. The molecule has 2 atom stereocenters. The van der Waals surface area contributed by atoms with Crippen molar-refractivity contribution in [1.29, 1.82) is 0 Å². The Labute approximate surface area is 175 Å². The highest BCUT2D eigenvalue weighted by atomic mass is 35.5. The molecule has 1 heterocycles. The van der Waals surface area contributed by atoms with Crippen molar-refractivity contribution in [3.63, 3.8) is 0 Å². The van der Waals surface area contributed by atoms with Crippen LogP contribution in [-0.2, 0) is 11.3 Å². The highest BCUT2D eigenvalue weighted by Gasteiger charge is 2.34. The van der Waals surface area contributed by atoms with Crippen LogP contribution in [0.3, 0.4) is 0 Å². The number of amides is 1. The maximum absolute atomic E-state index is 13.2. The fraction of sp³-hybridized carbons (Fsp3) is 0.409. The first kappa shape index (κ1) is 21.6. The van der Waals surface area contributed by atoms with Crippen LogP contribution in [0.15, 0.2) is 48.5 Å². The first-order valence-corrected chi connectivity index (χ1v) is 10.1. The van der Waals surface area contributed by atoms with E-state index in [4.69, 9.17) is 16.3 Å². The summed E-state index contributed by atoms with van der Waals surface area (Å²) in [6.45, 7) is 3.88. The van der Waals surface area contributed by atoms with E-state index in [2.05, 4.69) is 11.8 Å². The van der Waals surface area contributed by atoms with Crippen molar-refractivity contribution in [2.45, 2.75) is 32.0 Å². The monoisotopic (exact) mass is 420 g/mol. The number of benzene rings is 2. The lowest BCUT2D eigenvalue weighted by Crippen LogP contribution is -2.59. The van der Waals surface area contributed by atoms with Gasteiger partial charge in [0.25, 0.3) is 5.91 Å². The number of aliphatic hydroxyl groups excluding tert-OH is 1. The number of halogens is 2. The van der Waals surface area contributed by atoms with Gasteiger partial charge in [0.05, 0.1) is 0 Å². The minimum Gasteiger partial charge on any atom is -0.484 e. The minimum atomic E-state index is -0.254. The lowest BCUT2D eigenvalue weighted by molar-refractivity contribution is -0.140. The summed E-state index contributed by atoms with van der Waals surface area (Å²) in [6, 6.07) is 13.4. The van der Waals surface area contributed by atoms with E-state index in [0.717, 1.165) is 5.56 Å². The van der Waals surface area contributed by atoms with Crippen LogP contribution in [-0.4, -0.2) is 59.2 Å². The molecule has 1 saturated heterocycles. The van der Waals surface area contributed by atoms with Crippen LogP contribution in [0.5, 0.6) is 5.75 Å². The van der Waals surface area contributed by atoms with Crippen molar-refractivity contribution >= 4 is 17.5 Å². The van der Waals surface area contributed by atoms with Crippen molar-refractivity contribution < 1.29 is 19.0 Å². The second-order valence-electron chi connectivity index (χ2n) is 7.36. The first-order chi connectivity index (χ1) is 14.0. The molecule has 0 spiro atoms. The smallest absolute Gasteiger partial charge is 0.260 e. The van der Waals surface area contributed by atoms with E-state index in [-0.39, 0.29) is 37.0 Å². The molecule has 7 heteroatoms. The molecule has 5 nitrogen and oxygen atoms in total. The van der Waals surface area contributed by atoms with Gasteiger partial charge in [-0.1, -0.05) is 23.7 Å². The van der Waals surface area contributed by atoms with E-state index in [1.54, 1.807) is 41.3 Å². The molecule has 1 aliphatic rings. The number of ether oxygens (including phenoxy) is 1. The predicted molar refractivity (Wildman–Crippen MR) is 110 cm³/mol. The number of hydrogen-bond donors (Lipinski definition) is 1. The van der Waals surface area contributed by atoms with Crippen LogP contribution < -0.4 is 4.74 Å². The first-order valence-electron chi connectivity index (χ1n) is 9.73. The van der Waals surface area contributed by atoms with Crippen molar-refractivity contribution in [2.75, 3.05) is 26.3 Å². The molecule has 0 radical (unpaired) electrons. The van der Waals surface area contributed by atoms with Crippen LogP contribution >= 0.6 is 11.6 Å². The zero-order chi connectivity index (χ0) is 20.8. The summed E-state index contributed by atoms with van der Waals surface area (Å²) < 4.78 is 18.8. The average Bonchev–Trinajstić information content (AvgIpc) is 2.71. The van der Waals surface area contributed by atoms with E-state index in [0.29, 0.717) is 36.8 Å². The average molecular weight is 421 g/mol. The molecule has 156 valence electrons. The molecule has 2 aromatic rings. The highest BCUT2D eigenvalue weighted by molar-refractivity contribution is 6.30. The lowest BCUT2D eigenvalue weighted by atomic mass is 10.0. The second kappa shape index (κ2) is 10.1. The molecule has 0 bridgehead atoms. The Bertz CT molecular complexity index is 801. The number of hydrogen-bond acceptors (Lipinski definition) is 4. The van der Waals surface area contributed by atoms with Crippen LogP contribution in [0.1, 0.15) is 18.9 Å². The summed E-state index contributed by atoms with van der Waals surface area (Å²) in [5.41, 5.74) is 1.02. The van der Waals surface area contributed by atoms with E-state index in [1.165, 1.54) is 12.1 Å². The van der Waals surface area contributed by atoms with Crippen LogP contribution in [0.4, 0.5) is 4.39 Å². The third-order valence-electron chi connectivity index (χ3n) is 5.23. The molecule has 1 aliphatic heterocycles. The van der Waals surface area contributed by atoms with Crippen molar-refractivity contribution in [3.8, 4) is 5.75 Å². The second-order valence-corrected chi connectivity index (χ2v) is 7.80. The number of aliphatic hydroxyl groups is 1. The van der Waals surface area contributed by atoms with Gasteiger partial charge < -0.3 is 14.7 Å². The van der Waals surface area contributed by atoms with E-state index in [9.17, 15) is 14.3 Å². The molecule has 3 rings (SSSR count). The minimum absolute atomic E-state index is 0.00522. The fourth-order valence-electron chi connectivity index (χ4n) is 3.60. The molecule has 2 unspecified atom stereocenters. The van der Waals surface area contributed by atoms with Crippen LogP contribution in [0.2, 0.25) is 5.02 Å². The number of rotatable bonds is 7. The molecule has 0 aliphatic carbocycles. The Morgan fingerprint density at radius 2 is 1.86 bits per heavy atom. The van der Waals surface area contributed by atoms with Crippen molar-refractivity contribution in [1.82, 2.24) is 9.80 Å². The number of carbonyl (C=O) groups is 1. The van der Waals surface area contributed by atoms with Gasteiger partial charge in [0, 0.05) is 43.3 Å². The summed E-state index contributed by atoms with van der Waals surface area (Å²) >= 11 is 5.87. The Balaban J connectivity index is 1.62.